The zero-order valence-electron chi connectivity index (χ0n) is 8.75. The largest absolute Gasteiger partial charge is 0.434 e. The lowest BCUT2D eigenvalue weighted by Crippen LogP contribution is -2.09. The highest BCUT2D eigenvalue weighted by atomic mass is 35.5. The fourth-order valence-corrected chi connectivity index (χ4v) is 1.44. The molecule has 6 heteroatoms. The van der Waals surface area contributed by atoms with Gasteiger partial charge in [-0.2, -0.15) is 8.78 Å². The molecule has 0 spiro atoms. The average Bonchev–Trinajstić information content (AvgIpc) is 2.23. The molecular formula is C10H11ClF2O3. The molecule has 0 N–H and O–H groups in total. The molecule has 0 aromatic heterocycles. The molecule has 0 aliphatic heterocycles. The van der Waals surface area contributed by atoms with Crippen LogP contribution in [0.25, 0.3) is 0 Å². The lowest BCUT2D eigenvalue weighted by atomic mass is 10.2. The third-order valence-electron chi connectivity index (χ3n) is 1.87. The normalized spacial score (nSPS) is 11.2. The minimum absolute atomic E-state index is 0.0203. The Kier molecular flexibility index (Phi) is 4.92. The Balaban J connectivity index is 3.06. The highest BCUT2D eigenvalue weighted by molar-refractivity contribution is 6.30. The summed E-state index contributed by atoms with van der Waals surface area (Å²) in [6.45, 7) is -2.91. The monoisotopic (exact) mass is 252 g/mol. The number of hydrogen-bond donors (Lipinski definition) is 0. The van der Waals surface area contributed by atoms with Crippen LogP contribution in [0, 0.1) is 0 Å². The van der Waals surface area contributed by atoms with Crippen molar-refractivity contribution in [1.82, 2.24) is 0 Å². The molecule has 1 aromatic rings. The highest BCUT2D eigenvalue weighted by Gasteiger charge is 2.18. The van der Waals surface area contributed by atoms with Crippen LogP contribution in [0.1, 0.15) is 11.9 Å². The van der Waals surface area contributed by atoms with Gasteiger partial charge in [0.05, 0.1) is 5.56 Å². The van der Waals surface area contributed by atoms with E-state index in [1.165, 1.54) is 32.4 Å². The first-order valence-corrected chi connectivity index (χ1v) is 4.76. The van der Waals surface area contributed by atoms with Gasteiger partial charge in [0.2, 0.25) is 0 Å². The van der Waals surface area contributed by atoms with Crippen molar-refractivity contribution in [1.29, 1.82) is 0 Å². The quantitative estimate of drug-likeness (QED) is 0.753. The molecule has 0 bridgehead atoms. The van der Waals surface area contributed by atoms with Crippen LogP contribution in [-0.4, -0.2) is 20.8 Å². The molecule has 0 aliphatic carbocycles. The van der Waals surface area contributed by atoms with Gasteiger partial charge in [0, 0.05) is 19.2 Å². The van der Waals surface area contributed by atoms with Crippen LogP contribution < -0.4 is 4.74 Å². The molecule has 0 aliphatic rings. The summed E-state index contributed by atoms with van der Waals surface area (Å²) in [5.41, 5.74) is 0.317. The SMILES string of the molecule is COC(OC)c1cc(Cl)ccc1OC(F)F. The van der Waals surface area contributed by atoms with Gasteiger partial charge in [0.1, 0.15) is 5.75 Å². The van der Waals surface area contributed by atoms with Crippen molar-refractivity contribution in [3.8, 4) is 5.75 Å². The Morgan fingerprint density at radius 1 is 1.19 bits per heavy atom. The second-order valence-electron chi connectivity index (χ2n) is 2.86. The topological polar surface area (TPSA) is 27.7 Å². The predicted molar refractivity (Wildman–Crippen MR) is 54.8 cm³/mol. The Labute approximate surface area is 96.9 Å². The third kappa shape index (κ3) is 3.30. The second-order valence-corrected chi connectivity index (χ2v) is 3.30. The van der Waals surface area contributed by atoms with Gasteiger partial charge >= 0.3 is 6.61 Å². The van der Waals surface area contributed by atoms with E-state index < -0.39 is 12.9 Å². The predicted octanol–water partition coefficient (Wildman–Crippen LogP) is 3.23. The number of alkyl halides is 2. The number of rotatable bonds is 5. The summed E-state index contributed by atoms with van der Waals surface area (Å²) in [4.78, 5) is 0. The van der Waals surface area contributed by atoms with Crippen LogP contribution in [0.15, 0.2) is 18.2 Å². The van der Waals surface area contributed by atoms with E-state index in [-0.39, 0.29) is 5.75 Å². The maximum Gasteiger partial charge on any atom is 0.387 e. The van der Waals surface area contributed by atoms with Crippen LogP contribution in [0.3, 0.4) is 0 Å². The Morgan fingerprint density at radius 2 is 1.81 bits per heavy atom. The molecule has 16 heavy (non-hydrogen) atoms. The fraction of sp³-hybridized carbons (Fsp3) is 0.400. The maximum absolute atomic E-state index is 12.1. The van der Waals surface area contributed by atoms with Crippen molar-refractivity contribution in [3.63, 3.8) is 0 Å². The third-order valence-corrected chi connectivity index (χ3v) is 2.11. The van der Waals surface area contributed by atoms with Gasteiger partial charge in [0.15, 0.2) is 6.29 Å². The molecule has 0 heterocycles. The van der Waals surface area contributed by atoms with Crippen molar-refractivity contribution in [2.75, 3.05) is 14.2 Å². The highest BCUT2D eigenvalue weighted by Crippen LogP contribution is 2.31. The van der Waals surface area contributed by atoms with Crippen molar-refractivity contribution in [2.45, 2.75) is 12.9 Å². The first kappa shape index (κ1) is 13.2. The number of methoxy groups -OCH3 is 2. The van der Waals surface area contributed by atoms with E-state index >= 15 is 0 Å². The van der Waals surface area contributed by atoms with E-state index in [4.69, 9.17) is 21.1 Å². The second kappa shape index (κ2) is 5.98. The minimum atomic E-state index is -2.91. The number of benzene rings is 1. The summed E-state index contributed by atoms with van der Waals surface area (Å²) in [6.07, 6.45) is -0.799. The van der Waals surface area contributed by atoms with Crippen LogP contribution in [0.2, 0.25) is 5.02 Å². The molecular weight excluding hydrogens is 242 g/mol. The maximum atomic E-state index is 12.1. The van der Waals surface area contributed by atoms with Crippen LogP contribution in [-0.2, 0) is 9.47 Å². The lowest BCUT2D eigenvalue weighted by Gasteiger charge is -2.17. The lowest BCUT2D eigenvalue weighted by molar-refractivity contribution is -0.111. The molecule has 3 nitrogen and oxygen atoms in total. The number of halogens is 3. The standard InChI is InChI=1S/C10H11ClF2O3/c1-14-9(15-2)7-5-6(11)3-4-8(7)16-10(12)13/h3-5,9-10H,1-2H3. The van der Waals surface area contributed by atoms with Gasteiger partial charge in [-0.15, -0.1) is 0 Å². The zero-order valence-corrected chi connectivity index (χ0v) is 9.50. The number of ether oxygens (including phenoxy) is 3. The van der Waals surface area contributed by atoms with Gasteiger partial charge in [-0.1, -0.05) is 11.6 Å². The molecule has 0 fully saturated rings. The van der Waals surface area contributed by atoms with E-state index in [0.717, 1.165) is 0 Å². The molecule has 0 amide bonds. The van der Waals surface area contributed by atoms with E-state index in [1.807, 2.05) is 0 Å². The molecule has 90 valence electrons. The summed E-state index contributed by atoms with van der Waals surface area (Å²) in [6, 6.07) is 4.25. The molecule has 0 radical (unpaired) electrons. The van der Waals surface area contributed by atoms with E-state index in [0.29, 0.717) is 10.6 Å². The van der Waals surface area contributed by atoms with Gasteiger partial charge in [-0.3, -0.25) is 0 Å². The average molecular weight is 253 g/mol. The molecule has 1 rings (SSSR count). The first-order valence-electron chi connectivity index (χ1n) is 4.38. The Bertz CT molecular complexity index is 343. The van der Waals surface area contributed by atoms with Crippen molar-refractivity contribution in [2.24, 2.45) is 0 Å². The zero-order chi connectivity index (χ0) is 12.1. The van der Waals surface area contributed by atoms with Gasteiger partial charge in [-0.05, 0) is 18.2 Å². The molecule has 0 atom stereocenters. The van der Waals surface area contributed by atoms with Crippen molar-refractivity contribution >= 4 is 11.6 Å². The summed E-state index contributed by atoms with van der Waals surface area (Å²) < 4.78 is 38.5. The van der Waals surface area contributed by atoms with Gasteiger partial charge in [-0.25, -0.2) is 0 Å². The minimum Gasteiger partial charge on any atom is -0.434 e. The Morgan fingerprint density at radius 3 is 2.31 bits per heavy atom. The van der Waals surface area contributed by atoms with Crippen LogP contribution >= 0.6 is 11.6 Å². The summed E-state index contributed by atoms with van der Waals surface area (Å²) in [7, 11) is 2.78. The Hall–Kier alpha value is -0.910. The van der Waals surface area contributed by atoms with E-state index in [9.17, 15) is 8.78 Å². The van der Waals surface area contributed by atoms with E-state index in [2.05, 4.69) is 4.74 Å². The van der Waals surface area contributed by atoms with Gasteiger partial charge < -0.3 is 14.2 Å². The first-order chi connectivity index (χ1) is 7.58. The van der Waals surface area contributed by atoms with E-state index in [1.54, 1.807) is 0 Å². The fourth-order valence-electron chi connectivity index (χ4n) is 1.26. The molecule has 0 saturated carbocycles. The molecule has 1 aromatic carbocycles. The van der Waals surface area contributed by atoms with Crippen molar-refractivity contribution < 1.29 is 23.0 Å². The summed E-state index contributed by atoms with van der Waals surface area (Å²) in [5, 5.41) is 0.385. The van der Waals surface area contributed by atoms with Crippen molar-refractivity contribution in [3.05, 3.63) is 28.8 Å². The summed E-state index contributed by atoms with van der Waals surface area (Å²) >= 11 is 5.76. The molecule has 0 unspecified atom stereocenters. The smallest absolute Gasteiger partial charge is 0.387 e. The van der Waals surface area contributed by atoms with Gasteiger partial charge in [0.25, 0.3) is 0 Å². The molecule has 0 saturated heterocycles. The number of hydrogen-bond acceptors (Lipinski definition) is 3. The van der Waals surface area contributed by atoms with Crippen LogP contribution in [0.5, 0.6) is 5.75 Å². The van der Waals surface area contributed by atoms with Crippen LogP contribution in [0.4, 0.5) is 8.78 Å². The summed E-state index contributed by atoms with van der Waals surface area (Å²) in [5.74, 6) is -0.0203.